The van der Waals surface area contributed by atoms with Crippen molar-refractivity contribution in [3.63, 3.8) is 0 Å². The van der Waals surface area contributed by atoms with Crippen LogP contribution in [0.3, 0.4) is 0 Å². The summed E-state index contributed by atoms with van der Waals surface area (Å²) < 4.78 is 0. The average Bonchev–Trinajstić information content (AvgIpc) is 2.89. The second-order valence-electron chi connectivity index (χ2n) is 4.80. The standard InChI is InChI=1S/C12H17NO4/c14-4-3-10(12(16)17)13-11(15)9-6-7-1-2-8(9)5-7/h1-2,7-10,14H,3-6H2,(H,13,15)(H,16,17). The minimum atomic E-state index is -1.09. The van der Waals surface area contributed by atoms with E-state index >= 15 is 0 Å². The summed E-state index contributed by atoms with van der Waals surface area (Å²) in [5, 5.41) is 20.1. The zero-order chi connectivity index (χ0) is 12.4. The van der Waals surface area contributed by atoms with E-state index in [1.54, 1.807) is 0 Å². The van der Waals surface area contributed by atoms with Crippen LogP contribution in [0.5, 0.6) is 0 Å². The zero-order valence-corrected chi connectivity index (χ0v) is 9.50. The van der Waals surface area contributed by atoms with E-state index in [2.05, 4.69) is 17.5 Å². The number of fused-ring (bicyclic) bond motifs is 2. The molecular formula is C12H17NO4. The van der Waals surface area contributed by atoms with Crippen LogP contribution in [-0.4, -0.2) is 34.7 Å². The molecule has 3 N–H and O–H groups in total. The van der Waals surface area contributed by atoms with Crippen molar-refractivity contribution in [2.24, 2.45) is 17.8 Å². The number of carboxylic acid groups (broad SMARTS) is 1. The minimum Gasteiger partial charge on any atom is -0.480 e. The summed E-state index contributed by atoms with van der Waals surface area (Å²) in [5.74, 6) is -0.625. The molecule has 0 aromatic heterocycles. The van der Waals surface area contributed by atoms with E-state index in [-0.39, 0.29) is 30.8 Å². The first-order chi connectivity index (χ1) is 8.11. The molecule has 1 saturated carbocycles. The maximum atomic E-state index is 11.9. The van der Waals surface area contributed by atoms with Gasteiger partial charge in [0, 0.05) is 18.9 Å². The van der Waals surface area contributed by atoms with Crippen molar-refractivity contribution >= 4 is 11.9 Å². The molecule has 0 saturated heterocycles. The third-order valence-corrected chi connectivity index (χ3v) is 3.65. The molecule has 1 amide bonds. The Kier molecular flexibility index (Phi) is 3.47. The molecule has 5 heteroatoms. The zero-order valence-electron chi connectivity index (χ0n) is 9.50. The number of carbonyl (C=O) groups is 2. The van der Waals surface area contributed by atoms with Crippen molar-refractivity contribution < 1.29 is 19.8 Å². The van der Waals surface area contributed by atoms with Crippen molar-refractivity contribution in [3.8, 4) is 0 Å². The summed E-state index contributed by atoms with van der Waals surface area (Å²) in [4.78, 5) is 22.8. The lowest BCUT2D eigenvalue weighted by Crippen LogP contribution is -2.44. The van der Waals surface area contributed by atoms with Gasteiger partial charge in [0.1, 0.15) is 6.04 Å². The Hall–Kier alpha value is -1.36. The van der Waals surface area contributed by atoms with Gasteiger partial charge >= 0.3 is 5.97 Å². The number of amides is 1. The topological polar surface area (TPSA) is 86.6 Å². The molecule has 0 aliphatic heterocycles. The van der Waals surface area contributed by atoms with Crippen LogP contribution in [0.4, 0.5) is 0 Å². The van der Waals surface area contributed by atoms with Gasteiger partial charge in [0.05, 0.1) is 0 Å². The molecule has 4 unspecified atom stereocenters. The van der Waals surface area contributed by atoms with E-state index in [9.17, 15) is 9.59 Å². The van der Waals surface area contributed by atoms with Crippen molar-refractivity contribution in [3.05, 3.63) is 12.2 Å². The molecule has 0 spiro atoms. The molecule has 5 nitrogen and oxygen atoms in total. The maximum Gasteiger partial charge on any atom is 0.326 e. The summed E-state index contributed by atoms with van der Waals surface area (Å²) >= 11 is 0. The van der Waals surface area contributed by atoms with Gasteiger partial charge in [-0.3, -0.25) is 4.79 Å². The van der Waals surface area contributed by atoms with Gasteiger partial charge in [-0.05, 0) is 24.7 Å². The normalized spacial score (nSPS) is 31.5. The Bertz CT molecular complexity index is 352. The van der Waals surface area contributed by atoms with Crippen LogP contribution in [0.2, 0.25) is 0 Å². The molecule has 2 rings (SSSR count). The average molecular weight is 239 g/mol. The lowest BCUT2D eigenvalue weighted by molar-refractivity contribution is -0.143. The second kappa shape index (κ2) is 4.87. The Morgan fingerprint density at radius 3 is 2.59 bits per heavy atom. The Morgan fingerprint density at radius 2 is 2.12 bits per heavy atom. The second-order valence-corrected chi connectivity index (χ2v) is 4.80. The van der Waals surface area contributed by atoms with Gasteiger partial charge in [0.15, 0.2) is 0 Å². The smallest absolute Gasteiger partial charge is 0.326 e. The van der Waals surface area contributed by atoms with Crippen LogP contribution in [0.1, 0.15) is 19.3 Å². The number of nitrogens with one attached hydrogen (secondary N) is 1. The van der Waals surface area contributed by atoms with E-state index in [4.69, 9.17) is 10.2 Å². The molecule has 0 heterocycles. The van der Waals surface area contributed by atoms with Gasteiger partial charge in [0.25, 0.3) is 0 Å². The van der Waals surface area contributed by atoms with Crippen LogP contribution in [0.15, 0.2) is 12.2 Å². The van der Waals surface area contributed by atoms with Gasteiger partial charge < -0.3 is 15.5 Å². The van der Waals surface area contributed by atoms with Gasteiger partial charge in [0.2, 0.25) is 5.91 Å². The highest BCUT2D eigenvalue weighted by atomic mass is 16.4. The number of rotatable bonds is 5. The van der Waals surface area contributed by atoms with E-state index in [1.165, 1.54) is 0 Å². The van der Waals surface area contributed by atoms with E-state index in [1.807, 2.05) is 0 Å². The molecule has 4 atom stereocenters. The highest BCUT2D eigenvalue weighted by Crippen LogP contribution is 2.43. The van der Waals surface area contributed by atoms with E-state index < -0.39 is 12.0 Å². The van der Waals surface area contributed by atoms with Gasteiger partial charge in [-0.2, -0.15) is 0 Å². The number of hydrogen-bond acceptors (Lipinski definition) is 3. The lowest BCUT2D eigenvalue weighted by Gasteiger charge is -2.20. The van der Waals surface area contributed by atoms with E-state index in [0.29, 0.717) is 5.92 Å². The van der Waals surface area contributed by atoms with Crippen molar-refractivity contribution in [1.29, 1.82) is 0 Å². The Morgan fingerprint density at radius 1 is 1.35 bits per heavy atom. The Balaban J connectivity index is 1.92. The van der Waals surface area contributed by atoms with Gasteiger partial charge in [-0.1, -0.05) is 12.2 Å². The third-order valence-electron chi connectivity index (χ3n) is 3.65. The highest BCUT2D eigenvalue weighted by molar-refractivity contribution is 5.85. The first-order valence-electron chi connectivity index (χ1n) is 5.94. The fraction of sp³-hybridized carbons (Fsp3) is 0.667. The van der Waals surface area contributed by atoms with Gasteiger partial charge in [-0.25, -0.2) is 4.79 Å². The molecule has 2 aliphatic rings. The summed E-state index contributed by atoms with van der Waals surface area (Å²) in [6, 6.07) is -0.976. The van der Waals surface area contributed by atoms with Crippen LogP contribution in [-0.2, 0) is 9.59 Å². The minimum absolute atomic E-state index is 0.0533. The molecule has 0 radical (unpaired) electrons. The molecule has 1 fully saturated rings. The van der Waals surface area contributed by atoms with Crippen LogP contribution >= 0.6 is 0 Å². The molecule has 17 heavy (non-hydrogen) atoms. The number of carbonyl (C=O) groups excluding carboxylic acids is 1. The SMILES string of the molecule is O=C(O)C(CCO)NC(=O)C1CC2C=CC1C2. The number of aliphatic carboxylic acids is 1. The lowest BCUT2D eigenvalue weighted by atomic mass is 9.92. The monoisotopic (exact) mass is 239 g/mol. The highest BCUT2D eigenvalue weighted by Gasteiger charge is 2.40. The van der Waals surface area contributed by atoms with Crippen LogP contribution in [0.25, 0.3) is 0 Å². The fourth-order valence-electron chi connectivity index (χ4n) is 2.75. The predicted molar refractivity (Wildman–Crippen MR) is 60.1 cm³/mol. The summed E-state index contributed by atoms with van der Waals surface area (Å²) in [6.45, 7) is -0.242. The Labute approximate surface area is 99.5 Å². The molecule has 0 aromatic carbocycles. The number of allylic oxidation sites excluding steroid dienone is 2. The van der Waals surface area contributed by atoms with Crippen molar-refractivity contribution in [2.75, 3.05) is 6.61 Å². The maximum absolute atomic E-state index is 11.9. The number of aliphatic hydroxyl groups is 1. The van der Waals surface area contributed by atoms with Gasteiger partial charge in [-0.15, -0.1) is 0 Å². The summed E-state index contributed by atoms with van der Waals surface area (Å²) in [6.07, 6.45) is 6.07. The van der Waals surface area contributed by atoms with Crippen LogP contribution in [0, 0.1) is 17.8 Å². The van der Waals surface area contributed by atoms with Crippen LogP contribution < -0.4 is 5.32 Å². The number of carboxylic acids is 1. The summed E-state index contributed by atoms with van der Waals surface area (Å²) in [7, 11) is 0. The van der Waals surface area contributed by atoms with Crippen molar-refractivity contribution in [1.82, 2.24) is 5.32 Å². The predicted octanol–water partition coefficient (Wildman–Crippen LogP) is 0.150. The molecule has 94 valence electrons. The number of aliphatic hydroxyl groups excluding tert-OH is 1. The molecule has 0 aromatic rings. The first kappa shape index (κ1) is 12.1. The molecule has 2 bridgehead atoms. The summed E-state index contributed by atoms with van der Waals surface area (Å²) in [5.41, 5.74) is 0. The molecular weight excluding hydrogens is 222 g/mol. The molecule has 2 aliphatic carbocycles. The van der Waals surface area contributed by atoms with Crippen molar-refractivity contribution in [2.45, 2.75) is 25.3 Å². The third kappa shape index (κ3) is 2.49. The first-order valence-corrected chi connectivity index (χ1v) is 5.94. The largest absolute Gasteiger partial charge is 0.480 e. The number of hydrogen-bond donors (Lipinski definition) is 3. The van der Waals surface area contributed by atoms with E-state index in [0.717, 1.165) is 12.8 Å². The quantitative estimate of drug-likeness (QED) is 0.596. The fourth-order valence-corrected chi connectivity index (χ4v) is 2.75.